The second-order valence-electron chi connectivity index (χ2n) is 6.03. The van der Waals surface area contributed by atoms with Crippen LogP contribution in [-0.4, -0.2) is 15.8 Å². The highest BCUT2D eigenvalue weighted by Crippen LogP contribution is 2.34. The number of fused-ring (bicyclic) bond motifs is 5. The van der Waals surface area contributed by atoms with Crippen LogP contribution in [0.15, 0.2) is 42.6 Å². The maximum absolute atomic E-state index is 11.3. The smallest absolute Gasteiger partial charge is 0.152 e. The van der Waals surface area contributed by atoms with E-state index >= 15 is 0 Å². The molecule has 0 aliphatic rings. The third-order valence-corrected chi connectivity index (χ3v) is 4.66. The summed E-state index contributed by atoms with van der Waals surface area (Å²) < 4.78 is 2.31. The zero-order valence-electron chi connectivity index (χ0n) is 13.2. The van der Waals surface area contributed by atoms with Gasteiger partial charge in [0.25, 0.3) is 0 Å². The number of benzene rings is 2. The number of aryl methyl sites for hydroxylation is 1. The molecule has 0 unspecified atom stereocenters. The quantitative estimate of drug-likeness (QED) is 0.425. The summed E-state index contributed by atoms with van der Waals surface area (Å²) in [6, 6.07) is 14.7. The van der Waals surface area contributed by atoms with Crippen molar-refractivity contribution in [3.8, 4) is 6.07 Å². The first-order valence-corrected chi connectivity index (χ1v) is 8.18. The van der Waals surface area contributed by atoms with Crippen molar-refractivity contribution in [1.82, 2.24) is 9.55 Å². The number of hydrogen-bond donors (Lipinski definition) is 1. The number of hydrogen-bond acceptors (Lipinski definition) is 2. The zero-order valence-corrected chi connectivity index (χ0v) is 13.2. The van der Waals surface area contributed by atoms with Crippen LogP contribution in [0.2, 0.25) is 0 Å². The van der Waals surface area contributed by atoms with E-state index in [-0.39, 0.29) is 0 Å². The van der Waals surface area contributed by atoms with Crippen LogP contribution < -0.4 is 0 Å². The average molecular weight is 315 g/mol. The molecule has 0 aliphatic carbocycles. The first-order chi connectivity index (χ1) is 11.8. The third-order valence-electron chi connectivity index (χ3n) is 4.66. The molecular weight excluding hydrogens is 298 g/mol. The van der Waals surface area contributed by atoms with Gasteiger partial charge in [0.05, 0.1) is 17.1 Å². The molecule has 0 bridgehead atoms. The maximum atomic E-state index is 11.3. The van der Waals surface area contributed by atoms with Crippen LogP contribution >= 0.6 is 0 Å². The summed E-state index contributed by atoms with van der Waals surface area (Å²) in [5.41, 5.74) is 4.03. The summed E-state index contributed by atoms with van der Waals surface area (Å²) in [6.45, 7) is 0.861. The molecule has 0 amide bonds. The zero-order chi connectivity index (χ0) is 16.5. The van der Waals surface area contributed by atoms with E-state index in [1.165, 1.54) is 16.3 Å². The van der Waals surface area contributed by atoms with E-state index in [4.69, 9.17) is 5.26 Å². The molecule has 4 rings (SSSR count). The number of carbonyl (C=O) groups excluding carboxylic acids is 1. The number of carbonyl (C=O) groups is 1. The van der Waals surface area contributed by atoms with Crippen LogP contribution in [0, 0.1) is 11.3 Å². The molecule has 118 valence electrons. The lowest BCUT2D eigenvalue weighted by molar-refractivity contribution is 0.112. The van der Waals surface area contributed by atoms with Gasteiger partial charge in [-0.3, -0.25) is 4.79 Å². The standard InChI is InChI=1S/C20H17N3O/c21-10-4-1-5-11-23-18-7-3-2-6-16(18)17-9-8-15-14(13-24)12-22-19(15)20(17)23/h2-3,6-9,12-13,22H,1,4-5,11H2. The Morgan fingerprint density at radius 3 is 2.75 bits per heavy atom. The van der Waals surface area contributed by atoms with Crippen LogP contribution in [0.1, 0.15) is 29.6 Å². The fraction of sp³-hybridized carbons (Fsp3) is 0.200. The predicted octanol–water partition coefficient (Wildman–Crippen LogP) is 4.78. The monoisotopic (exact) mass is 315 g/mol. The molecule has 24 heavy (non-hydrogen) atoms. The van der Waals surface area contributed by atoms with Crippen LogP contribution in [0.5, 0.6) is 0 Å². The number of para-hydroxylation sites is 1. The summed E-state index contributed by atoms with van der Waals surface area (Å²) in [4.78, 5) is 14.5. The molecule has 4 heteroatoms. The van der Waals surface area contributed by atoms with Crippen molar-refractivity contribution in [2.45, 2.75) is 25.8 Å². The van der Waals surface area contributed by atoms with Gasteiger partial charge in [-0.1, -0.05) is 30.3 Å². The first-order valence-electron chi connectivity index (χ1n) is 8.18. The van der Waals surface area contributed by atoms with Gasteiger partial charge in [-0.05, 0) is 18.9 Å². The Labute approximate surface area is 139 Å². The highest BCUT2D eigenvalue weighted by Gasteiger charge is 2.15. The Kier molecular flexibility index (Phi) is 3.55. The largest absolute Gasteiger partial charge is 0.359 e. The minimum Gasteiger partial charge on any atom is -0.359 e. The van der Waals surface area contributed by atoms with Crippen molar-refractivity contribution in [3.05, 3.63) is 48.2 Å². The molecule has 4 aromatic rings. The van der Waals surface area contributed by atoms with Crippen LogP contribution in [-0.2, 0) is 6.54 Å². The van der Waals surface area contributed by atoms with E-state index in [9.17, 15) is 4.79 Å². The lowest BCUT2D eigenvalue weighted by Gasteiger charge is -2.07. The van der Waals surface area contributed by atoms with Crippen molar-refractivity contribution >= 4 is 39.0 Å². The molecule has 0 spiro atoms. The molecule has 2 aromatic carbocycles. The van der Waals surface area contributed by atoms with Crippen LogP contribution in [0.4, 0.5) is 0 Å². The van der Waals surface area contributed by atoms with E-state index in [2.05, 4.69) is 46.0 Å². The Balaban J connectivity index is 1.99. The minimum absolute atomic E-state index is 0.588. The number of nitriles is 1. The summed E-state index contributed by atoms with van der Waals surface area (Å²) >= 11 is 0. The van der Waals surface area contributed by atoms with Gasteiger partial charge in [0.1, 0.15) is 0 Å². The minimum atomic E-state index is 0.588. The summed E-state index contributed by atoms with van der Waals surface area (Å²) in [7, 11) is 0. The van der Waals surface area contributed by atoms with Gasteiger partial charge in [0.15, 0.2) is 6.29 Å². The van der Waals surface area contributed by atoms with E-state index in [1.54, 1.807) is 6.20 Å². The third kappa shape index (κ3) is 2.10. The number of rotatable bonds is 5. The van der Waals surface area contributed by atoms with Gasteiger partial charge in [0, 0.05) is 46.4 Å². The molecule has 0 fully saturated rings. The Hall–Kier alpha value is -3.06. The predicted molar refractivity (Wildman–Crippen MR) is 96.2 cm³/mol. The number of H-pyrrole nitrogens is 1. The van der Waals surface area contributed by atoms with Gasteiger partial charge >= 0.3 is 0 Å². The van der Waals surface area contributed by atoms with Crippen molar-refractivity contribution < 1.29 is 4.79 Å². The lowest BCUT2D eigenvalue weighted by atomic mass is 10.1. The SMILES string of the molecule is N#CCCCCn1c2ccccc2c2ccc3c(C=O)c[nH]c3c21. The van der Waals surface area contributed by atoms with Gasteiger partial charge in [0.2, 0.25) is 0 Å². The lowest BCUT2D eigenvalue weighted by Crippen LogP contribution is -1.98. The van der Waals surface area contributed by atoms with Crippen molar-refractivity contribution in [2.75, 3.05) is 0 Å². The van der Waals surface area contributed by atoms with Gasteiger partial charge in [-0.15, -0.1) is 0 Å². The number of unbranched alkanes of at least 4 members (excludes halogenated alkanes) is 2. The van der Waals surface area contributed by atoms with Gasteiger partial charge < -0.3 is 9.55 Å². The fourth-order valence-electron chi connectivity index (χ4n) is 3.56. The molecule has 0 radical (unpaired) electrons. The molecule has 2 aromatic heterocycles. The van der Waals surface area contributed by atoms with Crippen LogP contribution in [0.3, 0.4) is 0 Å². The van der Waals surface area contributed by atoms with Crippen molar-refractivity contribution in [2.24, 2.45) is 0 Å². The van der Waals surface area contributed by atoms with E-state index in [0.29, 0.717) is 12.0 Å². The molecule has 0 aliphatic heterocycles. The summed E-state index contributed by atoms with van der Waals surface area (Å²) in [5.74, 6) is 0. The molecule has 2 heterocycles. The van der Waals surface area contributed by atoms with Crippen LogP contribution in [0.25, 0.3) is 32.7 Å². The Bertz CT molecular complexity index is 1090. The Morgan fingerprint density at radius 2 is 1.92 bits per heavy atom. The number of aromatic nitrogens is 2. The molecule has 0 saturated heterocycles. The second kappa shape index (κ2) is 5.86. The topological polar surface area (TPSA) is 61.6 Å². The second-order valence-corrected chi connectivity index (χ2v) is 6.03. The van der Waals surface area contributed by atoms with Gasteiger partial charge in [-0.2, -0.15) is 5.26 Å². The maximum Gasteiger partial charge on any atom is 0.152 e. The normalized spacial score (nSPS) is 11.3. The van der Waals surface area contributed by atoms with Crippen molar-refractivity contribution in [3.63, 3.8) is 0 Å². The van der Waals surface area contributed by atoms with Gasteiger partial charge in [-0.25, -0.2) is 0 Å². The Morgan fingerprint density at radius 1 is 1.08 bits per heavy atom. The summed E-state index contributed by atoms with van der Waals surface area (Å²) in [6.07, 6.45) is 5.10. The summed E-state index contributed by atoms with van der Waals surface area (Å²) in [5, 5.41) is 12.1. The molecule has 4 nitrogen and oxygen atoms in total. The number of aromatic amines is 1. The number of nitrogens with one attached hydrogen (secondary N) is 1. The molecular formula is C20H17N3O. The average Bonchev–Trinajstić information content (AvgIpc) is 3.18. The first kappa shape index (κ1) is 14.5. The number of aldehydes is 1. The van der Waals surface area contributed by atoms with Crippen molar-refractivity contribution in [1.29, 1.82) is 5.26 Å². The number of nitrogens with zero attached hydrogens (tertiary/aromatic N) is 2. The van der Waals surface area contributed by atoms with E-state index < -0.39 is 0 Å². The molecule has 0 atom stereocenters. The highest BCUT2D eigenvalue weighted by molar-refractivity contribution is 6.18. The molecule has 0 saturated carbocycles. The molecule has 1 N–H and O–H groups in total. The fourth-order valence-corrected chi connectivity index (χ4v) is 3.56. The highest BCUT2D eigenvalue weighted by atomic mass is 16.1. The van der Waals surface area contributed by atoms with E-state index in [0.717, 1.165) is 42.1 Å². The van der Waals surface area contributed by atoms with E-state index in [1.807, 2.05) is 6.07 Å².